The first kappa shape index (κ1) is 22.2. The third-order valence-electron chi connectivity index (χ3n) is 3.86. The molecule has 0 unspecified atom stereocenters. The van der Waals surface area contributed by atoms with E-state index in [0.29, 0.717) is 22.7 Å². The molecule has 0 radical (unpaired) electrons. The Bertz CT molecular complexity index is 937. The van der Waals surface area contributed by atoms with Crippen LogP contribution in [0.1, 0.15) is 5.56 Å². The van der Waals surface area contributed by atoms with E-state index in [-0.39, 0.29) is 13.2 Å². The van der Waals surface area contributed by atoms with Gasteiger partial charge in [0, 0.05) is 18.8 Å². The van der Waals surface area contributed by atoms with Crippen LogP contribution in [0.25, 0.3) is 0 Å². The Labute approximate surface area is 173 Å². The van der Waals surface area contributed by atoms with Crippen LogP contribution in [0, 0.1) is 11.3 Å². The fraction of sp³-hybridized carbons (Fsp3) is 0.238. The quantitative estimate of drug-likeness (QED) is 0.623. The van der Waals surface area contributed by atoms with Crippen LogP contribution < -0.4 is 14.8 Å². The van der Waals surface area contributed by atoms with Crippen molar-refractivity contribution in [3.05, 3.63) is 54.1 Å². The van der Waals surface area contributed by atoms with E-state index < -0.39 is 24.4 Å². The number of benzene rings is 2. The highest BCUT2D eigenvalue weighted by molar-refractivity contribution is 5.95. The van der Waals surface area contributed by atoms with E-state index in [1.165, 1.54) is 14.2 Å². The summed E-state index contributed by atoms with van der Waals surface area (Å²) in [4.78, 5) is 37.0. The van der Waals surface area contributed by atoms with Crippen LogP contribution in [0.3, 0.4) is 0 Å². The Morgan fingerprint density at radius 3 is 2.47 bits per heavy atom. The van der Waals surface area contributed by atoms with Crippen molar-refractivity contribution >= 4 is 23.5 Å². The van der Waals surface area contributed by atoms with Gasteiger partial charge in [-0.25, -0.2) is 4.79 Å². The van der Waals surface area contributed by atoms with Gasteiger partial charge in [0.25, 0.3) is 5.91 Å². The van der Waals surface area contributed by atoms with E-state index in [1.54, 1.807) is 48.5 Å². The van der Waals surface area contributed by atoms with E-state index in [2.05, 4.69) is 5.32 Å². The largest absolute Gasteiger partial charge is 0.497 e. The third kappa shape index (κ3) is 7.16. The van der Waals surface area contributed by atoms with Gasteiger partial charge in [0.15, 0.2) is 13.2 Å². The molecule has 0 atom stereocenters. The van der Waals surface area contributed by atoms with Gasteiger partial charge in [-0.3, -0.25) is 9.59 Å². The van der Waals surface area contributed by atoms with Gasteiger partial charge in [0.1, 0.15) is 11.5 Å². The maximum absolute atomic E-state index is 12.1. The molecule has 0 spiro atoms. The molecule has 0 bridgehead atoms. The number of methoxy groups -OCH3 is 1. The molecule has 0 aliphatic rings. The molecular formula is C21H21N3O6. The summed E-state index contributed by atoms with van der Waals surface area (Å²) >= 11 is 0. The number of anilines is 1. The van der Waals surface area contributed by atoms with Crippen molar-refractivity contribution in [2.45, 2.75) is 0 Å². The summed E-state index contributed by atoms with van der Waals surface area (Å²) in [6.45, 7) is -1.12. The van der Waals surface area contributed by atoms with Gasteiger partial charge in [-0.1, -0.05) is 6.07 Å². The Hall–Kier alpha value is -4.06. The molecule has 0 aromatic heterocycles. The van der Waals surface area contributed by atoms with E-state index >= 15 is 0 Å². The van der Waals surface area contributed by atoms with Crippen molar-refractivity contribution < 1.29 is 28.6 Å². The van der Waals surface area contributed by atoms with Crippen molar-refractivity contribution in [2.24, 2.45) is 0 Å². The van der Waals surface area contributed by atoms with E-state index in [4.69, 9.17) is 19.5 Å². The standard InChI is InChI=1S/C21H21N3O6/c1-24(12-19(25)23-16-4-3-5-18(10-16)28-2)20(26)13-30-21(27)14-29-17-8-6-15(11-22)7-9-17/h3-10H,12-14H2,1-2H3,(H,23,25). The summed E-state index contributed by atoms with van der Waals surface area (Å²) in [5, 5.41) is 11.4. The molecular weight excluding hydrogens is 390 g/mol. The number of ether oxygens (including phenoxy) is 3. The highest BCUT2D eigenvalue weighted by Crippen LogP contribution is 2.16. The molecule has 2 rings (SSSR count). The van der Waals surface area contributed by atoms with Crippen molar-refractivity contribution in [2.75, 3.05) is 39.2 Å². The first-order valence-corrected chi connectivity index (χ1v) is 8.87. The summed E-state index contributed by atoms with van der Waals surface area (Å²) < 4.78 is 15.2. The number of carbonyl (C=O) groups is 3. The average molecular weight is 411 g/mol. The van der Waals surface area contributed by atoms with Crippen molar-refractivity contribution in [1.29, 1.82) is 5.26 Å². The van der Waals surface area contributed by atoms with Crippen LogP contribution in [0.5, 0.6) is 11.5 Å². The second-order valence-corrected chi connectivity index (χ2v) is 6.12. The smallest absolute Gasteiger partial charge is 0.344 e. The summed E-state index contributed by atoms with van der Waals surface area (Å²) in [5.74, 6) is -0.699. The summed E-state index contributed by atoms with van der Waals surface area (Å²) in [5.41, 5.74) is 1.00. The maximum Gasteiger partial charge on any atom is 0.344 e. The molecule has 2 aromatic carbocycles. The number of amides is 2. The molecule has 0 aliphatic carbocycles. The zero-order valence-electron chi connectivity index (χ0n) is 16.6. The Balaban J connectivity index is 1.71. The van der Waals surface area contributed by atoms with E-state index in [9.17, 15) is 14.4 Å². The molecule has 0 fully saturated rings. The number of nitrogens with zero attached hydrogens (tertiary/aromatic N) is 2. The topological polar surface area (TPSA) is 118 Å². The molecule has 30 heavy (non-hydrogen) atoms. The third-order valence-corrected chi connectivity index (χ3v) is 3.86. The normalized spacial score (nSPS) is 9.77. The number of esters is 1. The fourth-order valence-corrected chi connectivity index (χ4v) is 2.27. The van der Waals surface area contributed by atoms with Crippen LogP contribution in [-0.4, -0.2) is 56.6 Å². The number of hydrogen-bond acceptors (Lipinski definition) is 7. The molecule has 0 aliphatic heterocycles. The summed E-state index contributed by atoms with van der Waals surface area (Å²) in [7, 11) is 2.94. The lowest BCUT2D eigenvalue weighted by molar-refractivity contribution is -0.153. The highest BCUT2D eigenvalue weighted by Gasteiger charge is 2.16. The fourth-order valence-electron chi connectivity index (χ4n) is 2.27. The Morgan fingerprint density at radius 1 is 1.07 bits per heavy atom. The number of carbonyl (C=O) groups excluding carboxylic acids is 3. The molecule has 2 amide bonds. The van der Waals surface area contributed by atoms with Crippen LogP contribution in [0.2, 0.25) is 0 Å². The molecule has 0 saturated carbocycles. The van der Waals surface area contributed by atoms with Crippen LogP contribution in [-0.2, 0) is 19.1 Å². The van der Waals surface area contributed by atoms with Crippen molar-refractivity contribution in [3.63, 3.8) is 0 Å². The van der Waals surface area contributed by atoms with Gasteiger partial charge in [0.2, 0.25) is 5.91 Å². The molecule has 0 heterocycles. The predicted molar refractivity (Wildman–Crippen MR) is 107 cm³/mol. The first-order chi connectivity index (χ1) is 14.4. The number of likely N-dealkylation sites (N-methyl/N-ethyl adjacent to an activating group) is 1. The number of nitriles is 1. The molecule has 0 saturated heterocycles. The van der Waals surface area contributed by atoms with E-state index in [0.717, 1.165) is 4.90 Å². The highest BCUT2D eigenvalue weighted by atomic mass is 16.6. The number of nitrogens with one attached hydrogen (secondary N) is 1. The minimum atomic E-state index is -0.734. The van der Waals surface area contributed by atoms with Gasteiger partial charge < -0.3 is 24.4 Å². The summed E-state index contributed by atoms with van der Waals surface area (Å²) in [6.07, 6.45) is 0. The van der Waals surface area contributed by atoms with Gasteiger partial charge in [-0.2, -0.15) is 5.26 Å². The molecule has 1 N–H and O–H groups in total. The van der Waals surface area contributed by atoms with Crippen LogP contribution in [0.4, 0.5) is 5.69 Å². The lowest BCUT2D eigenvalue weighted by Gasteiger charge is -2.17. The Kier molecular flexibility index (Phi) is 8.20. The molecule has 9 heteroatoms. The zero-order valence-corrected chi connectivity index (χ0v) is 16.6. The molecule has 2 aromatic rings. The van der Waals surface area contributed by atoms with E-state index in [1.807, 2.05) is 6.07 Å². The van der Waals surface area contributed by atoms with Crippen LogP contribution >= 0.6 is 0 Å². The first-order valence-electron chi connectivity index (χ1n) is 8.87. The monoisotopic (exact) mass is 411 g/mol. The minimum Gasteiger partial charge on any atom is -0.497 e. The second-order valence-electron chi connectivity index (χ2n) is 6.12. The molecule has 9 nitrogen and oxygen atoms in total. The number of rotatable bonds is 9. The van der Waals surface area contributed by atoms with Crippen molar-refractivity contribution in [1.82, 2.24) is 4.90 Å². The lowest BCUT2D eigenvalue weighted by Crippen LogP contribution is -2.37. The van der Waals surface area contributed by atoms with Crippen molar-refractivity contribution in [3.8, 4) is 17.6 Å². The zero-order chi connectivity index (χ0) is 21.9. The molecule has 156 valence electrons. The predicted octanol–water partition coefficient (Wildman–Crippen LogP) is 1.59. The van der Waals surface area contributed by atoms with Gasteiger partial charge >= 0.3 is 5.97 Å². The van der Waals surface area contributed by atoms with Gasteiger partial charge in [-0.05, 0) is 36.4 Å². The van der Waals surface area contributed by atoms with Gasteiger partial charge in [0.05, 0.1) is 25.3 Å². The lowest BCUT2D eigenvalue weighted by atomic mass is 10.2. The Morgan fingerprint density at radius 2 is 1.80 bits per heavy atom. The maximum atomic E-state index is 12.1. The number of hydrogen-bond donors (Lipinski definition) is 1. The second kappa shape index (κ2) is 11.1. The SMILES string of the molecule is COc1cccc(NC(=O)CN(C)C(=O)COC(=O)COc2ccc(C#N)cc2)c1. The average Bonchev–Trinajstić information content (AvgIpc) is 2.76. The minimum absolute atomic E-state index is 0.213. The summed E-state index contributed by atoms with van der Waals surface area (Å²) in [6, 6.07) is 15.0. The van der Waals surface area contributed by atoms with Gasteiger partial charge in [-0.15, -0.1) is 0 Å². The van der Waals surface area contributed by atoms with Crippen LogP contribution in [0.15, 0.2) is 48.5 Å².